The number of hydrogen-bond acceptors (Lipinski definition) is 0. The van der Waals surface area contributed by atoms with Crippen molar-refractivity contribution in [1.82, 2.24) is 0 Å². The van der Waals surface area contributed by atoms with Gasteiger partial charge < -0.3 is 0 Å². The van der Waals surface area contributed by atoms with Crippen molar-refractivity contribution in [2.75, 3.05) is 0 Å². The number of rotatable bonds is 0. The van der Waals surface area contributed by atoms with Crippen LogP contribution >= 0.6 is 0 Å². The molecule has 0 N–H and O–H groups in total. The van der Waals surface area contributed by atoms with Crippen LogP contribution < -0.4 is 0 Å². The van der Waals surface area contributed by atoms with Crippen molar-refractivity contribution < 1.29 is 0 Å². The molecule has 2 unspecified atom stereocenters. The number of aryl methyl sites for hydroxylation is 3. The fourth-order valence-electron chi connectivity index (χ4n) is 4.18. The van der Waals surface area contributed by atoms with Gasteiger partial charge in [0.15, 0.2) is 0 Å². The van der Waals surface area contributed by atoms with Crippen molar-refractivity contribution in [3.63, 3.8) is 0 Å². The summed E-state index contributed by atoms with van der Waals surface area (Å²) in [4.78, 5) is 0. The first-order valence-electron chi connectivity index (χ1n) is 7.41. The molecule has 2 aromatic carbocycles. The van der Waals surface area contributed by atoms with Gasteiger partial charge in [0.05, 0.1) is 0 Å². The number of hydrogen-bond donors (Lipinski definition) is 0. The van der Waals surface area contributed by atoms with Crippen LogP contribution in [0.15, 0.2) is 36.4 Å². The quantitative estimate of drug-likeness (QED) is 0.635. The average Bonchev–Trinajstić information content (AvgIpc) is 2.75. The summed E-state index contributed by atoms with van der Waals surface area (Å²) in [5.41, 5.74) is 9.26. The van der Waals surface area contributed by atoms with Gasteiger partial charge >= 0.3 is 0 Å². The fraction of sp³-hybridized carbons (Fsp3) is 0.368. The first-order chi connectivity index (χ1) is 9.22. The molecule has 4 rings (SSSR count). The third kappa shape index (κ3) is 1.66. The Morgan fingerprint density at radius 3 is 2.16 bits per heavy atom. The molecule has 0 saturated carbocycles. The van der Waals surface area contributed by atoms with Crippen molar-refractivity contribution in [2.24, 2.45) is 0 Å². The molecule has 0 heteroatoms. The van der Waals surface area contributed by atoms with Crippen molar-refractivity contribution in [1.29, 1.82) is 0 Å². The van der Waals surface area contributed by atoms with Crippen molar-refractivity contribution in [3.8, 4) is 0 Å². The van der Waals surface area contributed by atoms with Gasteiger partial charge in [0.1, 0.15) is 0 Å². The molecule has 0 saturated heterocycles. The first kappa shape index (κ1) is 11.3. The molecule has 0 nitrogen and oxygen atoms in total. The van der Waals surface area contributed by atoms with Crippen molar-refractivity contribution >= 4 is 0 Å². The molecular weight excluding hydrogens is 228 g/mol. The summed E-state index contributed by atoms with van der Waals surface area (Å²) in [7, 11) is 0. The fourth-order valence-corrected chi connectivity index (χ4v) is 4.18. The predicted molar refractivity (Wildman–Crippen MR) is 79.9 cm³/mol. The summed E-state index contributed by atoms with van der Waals surface area (Å²) < 4.78 is 0. The second-order valence-electron chi connectivity index (χ2n) is 6.36. The Labute approximate surface area is 115 Å². The lowest BCUT2D eigenvalue weighted by Gasteiger charge is -2.29. The van der Waals surface area contributed by atoms with Gasteiger partial charge in [-0.3, -0.25) is 0 Å². The largest absolute Gasteiger partial charge is 0.0590 e. The molecule has 0 bridgehead atoms. The molecule has 0 radical (unpaired) electrons. The van der Waals surface area contributed by atoms with Gasteiger partial charge in [-0.05, 0) is 67.2 Å². The van der Waals surface area contributed by atoms with E-state index in [4.69, 9.17) is 0 Å². The van der Waals surface area contributed by atoms with Crippen LogP contribution in [0.1, 0.15) is 51.6 Å². The van der Waals surface area contributed by atoms with Crippen LogP contribution in [0, 0.1) is 13.8 Å². The third-order valence-corrected chi connectivity index (χ3v) is 5.05. The highest BCUT2D eigenvalue weighted by molar-refractivity contribution is 5.48. The lowest BCUT2D eigenvalue weighted by atomic mass is 9.75. The Morgan fingerprint density at radius 2 is 1.42 bits per heavy atom. The van der Waals surface area contributed by atoms with Gasteiger partial charge in [0, 0.05) is 0 Å². The molecule has 0 fully saturated rings. The molecular formula is C19H20. The molecule has 2 aliphatic rings. The Hall–Kier alpha value is -1.56. The zero-order chi connectivity index (χ0) is 13.0. The highest BCUT2D eigenvalue weighted by Crippen LogP contribution is 2.50. The normalized spacial score (nSPS) is 23.7. The zero-order valence-corrected chi connectivity index (χ0v) is 11.7. The zero-order valence-electron chi connectivity index (χ0n) is 11.7. The third-order valence-electron chi connectivity index (χ3n) is 5.05. The standard InChI is InChI=1S/C19H20/c1-12-3-6-16-14(9-12)5-8-18-17-7-4-13(2)10-15(17)11-19(16)18/h3-4,6-7,9-10,18-19H,5,8,11H2,1-2H3. The van der Waals surface area contributed by atoms with Crippen LogP contribution in [-0.4, -0.2) is 0 Å². The Bertz CT molecular complexity index is 651. The maximum absolute atomic E-state index is 2.40. The maximum Gasteiger partial charge on any atom is -0.00496 e. The summed E-state index contributed by atoms with van der Waals surface area (Å²) in [6.45, 7) is 4.42. The van der Waals surface area contributed by atoms with Gasteiger partial charge in [0.25, 0.3) is 0 Å². The van der Waals surface area contributed by atoms with Crippen LogP contribution in [-0.2, 0) is 12.8 Å². The van der Waals surface area contributed by atoms with E-state index in [0.29, 0.717) is 0 Å². The minimum Gasteiger partial charge on any atom is -0.0590 e. The van der Waals surface area contributed by atoms with E-state index in [9.17, 15) is 0 Å². The van der Waals surface area contributed by atoms with E-state index >= 15 is 0 Å². The van der Waals surface area contributed by atoms with Gasteiger partial charge in [-0.25, -0.2) is 0 Å². The van der Waals surface area contributed by atoms with Gasteiger partial charge in [-0.2, -0.15) is 0 Å². The summed E-state index contributed by atoms with van der Waals surface area (Å²) in [5.74, 6) is 1.51. The summed E-state index contributed by atoms with van der Waals surface area (Å²) in [6, 6.07) is 14.2. The Kier molecular flexibility index (Phi) is 2.35. The molecule has 0 heterocycles. The molecule has 0 amide bonds. The monoisotopic (exact) mass is 248 g/mol. The van der Waals surface area contributed by atoms with E-state index < -0.39 is 0 Å². The molecule has 0 spiro atoms. The molecule has 0 aliphatic heterocycles. The summed E-state index contributed by atoms with van der Waals surface area (Å²) in [6.07, 6.45) is 3.83. The maximum atomic E-state index is 2.40. The average molecular weight is 248 g/mol. The van der Waals surface area contributed by atoms with E-state index in [1.54, 1.807) is 22.3 Å². The second-order valence-corrected chi connectivity index (χ2v) is 6.36. The van der Waals surface area contributed by atoms with Crippen LogP contribution in [0.2, 0.25) is 0 Å². The Morgan fingerprint density at radius 1 is 0.789 bits per heavy atom. The van der Waals surface area contributed by atoms with Crippen LogP contribution in [0.25, 0.3) is 0 Å². The van der Waals surface area contributed by atoms with Crippen LogP contribution in [0.5, 0.6) is 0 Å². The molecule has 19 heavy (non-hydrogen) atoms. The minimum absolute atomic E-state index is 0.737. The van der Waals surface area contributed by atoms with Gasteiger partial charge in [-0.1, -0.05) is 47.5 Å². The lowest BCUT2D eigenvalue weighted by Crippen LogP contribution is -2.15. The highest BCUT2D eigenvalue weighted by Gasteiger charge is 2.36. The molecule has 2 aliphatic carbocycles. The summed E-state index contributed by atoms with van der Waals surface area (Å²) >= 11 is 0. The van der Waals surface area contributed by atoms with E-state index in [-0.39, 0.29) is 0 Å². The highest BCUT2D eigenvalue weighted by atomic mass is 14.4. The number of benzene rings is 2. The van der Waals surface area contributed by atoms with Gasteiger partial charge in [-0.15, -0.1) is 0 Å². The van der Waals surface area contributed by atoms with E-state index in [1.165, 1.54) is 30.4 Å². The molecule has 0 aromatic heterocycles. The minimum atomic E-state index is 0.737. The molecule has 2 atom stereocenters. The van der Waals surface area contributed by atoms with Crippen LogP contribution in [0.3, 0.4) is 0 Å². The predicted octanol–water partition coefficient (Wildman–Crippen LogP) is 4.67. The van der Waals surface area contributed by atoms with E-state index in [2.05, 4.69) is 50.2 Å². The lowest BCUT2D eigenvalue weighted by molar-refractivity contribution is 0.508. The van der Waals surface area contributed by atoms with Crippen molar-refractivity contribution in [3.05, 3.63) is 69.8 Å². The number of fused-ring (bicyclic) bond motifs is 5. The summed E-state index contributed by atoms with van der Waals surface area (Å²) in [5, 5.41) is 0. The topological polar surface area (TPSA) is 0 Å². The van der Waals surface area contributed by atoms with E-state index in [1.807, 2.05) is 0 Å². The van der Waals surface area contributed by atoms with Crippen molar-refractivity contribution in [2.45, 2.75) is 44.9 Å². The SMILES string of the molecule is Cc1ccc2c(c1)CC1c3ccc(C)cc3CCC21. The molecule has 96 valence electrons. The first-order valence-corrected chi connectivity index (χ1v) is 7.41. The second kappa shape index (κ2) is 3.96. The molecule has 2 aromatic rings. The Balaban J connectivity index is 1.81. The van der Waals surface area contributed by atoms with E-state index in [0.717, 1.165) is 11.8 Å². The van der Waals surface area contributed by atoms with Gasteiger partial charge in [0.2, 0.25) is 0 Å². The van der Waals surface area contributed by atoms with Crippen LogP contribution in [0.4, 0.5) is 0 Å². The smallest absolute Gasteiger partial charge is 0.00496 e.